The Balaban J connectivity index is -0.000000500. The zero-order valence-electron chi connectivity index (χ0n) is 7.41. The van der Waals surface area contributed by atoms with Crippen molar-refractivity contribution >= 4 is 39.7 Å². The predicted molar refractivity (Wildman–Crippen MR) is 55.9 cm³/mol. The summed E-state index contributed by atoms with van der Waals surface area (Å²) in [5.74, 6) is -0.0866. The molecule has 0 saturated carbocycles. The van der Waals surface area contributed by atoms with Gasteiger partial charge in [-0.2, -0.15) is 8.42 Å². The first-order valence-corrected chi connectivity index (χ1v) is 5.62. The molecule has 0 heterocycles. The summed E-state index contributed by atoms with van der Waals surface area (Å²) in [5.41, 5.74) is 0. The molecule has 6 heteroatoms. The molecular formula is C7H19NaO4S. The normalized spacial score (nSPS) is 10.0. The second-order valence-corrected chi connectivity index (χ2v) is 4.27. The van der Waals surface area contributed by atoms with E-state index in [1.54, 1.807) is 0 Å². The van der Waals surface area contributed by atoms with E-state index in [1.165, 1.54) is 0 Å². The van der Waals surface area contributed by atoms with Gasteiger partial charge < -0.3 is 5.48 Å². The molecule has 4 nitrogen and oxygen atoms in total. The molecule has 0 aromatic heterocycles. The van der Waals surface area contributed by atoms with Crippen molar-refractivity contribution in [2.45, 2.75) is 39.0 Å². The van der Waals surface area contributed by atoms with Crippen molar-refractivity contribution in [3.63, 3.8) is 0 Å². The van der Waals surface area contributed by atoms with Crippen LogP contribution in [0.1, 0.15) is 39.0 Å². The molecular weight excluding hydrogens is 203 g/mol. The van der Waals surface area contributed by atoms with E-state index in [0.29, 0.717) is 6.42 Å². The van der Waals surface area contributed by atoms with Gasteiger partial charge in [0.1, 0.15) is 0 Å². The van der Waals surface area contributed by atoms with Crippen molar-refractivity contribution in [3.05, 3.63) is 0 Å². The van der Waals surface area contributed by atoms with Crippen LogP contribution in [0, 0.1) is 0 Å². The zero-order valence-corrected chi connectivity index (χ0v) is 8.23. The van der Waals surface area contributed by atoms with Crippen molar-refractivity contribution < 1.29 is 18.4 Å². The number of rotatable bonds is 6. The Kier molecular flexibility index (Phi) is 16.4. The van der Waals surface area contributed by atoms with E-state index in [9.17, 15) is 8.42 Å². The Morgan fingerprint density at radius 2 is 1.54 bits per heavy atom. The van der Waals surface area contributed by atoms with Gasteiger partial charge in [-0.25, -0.2) is 0 Å². The van der Waals surface area contributed by atoms with Crippen LogP contribution in [-0.2, 0) is 10.1 Å². The third-order valence-corrected chi connectivity index (χ3v) is 2.31. The molecule has 0 bridgehead atoms. The molecule has 0 aliphatic carbocycles. The van der Waals surface area contributed by atoms with Crippen LogP contribution in [0.3, 0.4) is 0 Å². The van der Waals surface area contributed by atoms with Gasteiger partial charge in [-0.05, 0) is 6.42 Å². The van der Waals surface area contributed by atoms with Crippen LogP contribution >= 0.6 is 0 Å². The minimum absolute atomic E-state index is 0. The first-order chi connectivity index (χ1) is 5.06. The Hall–Kier alpha value is 0.870. The molecule has 0 aromatic rings. The van der Waals surface area contributed by atoms with E-state index in [4.69, 9.17) is 4.55 Å². The molecule has 78 valence electrons. The number of hydrogen-bond donors (Lipinski definition) is 1. The standard InChI is InChI=1S/C7H16O3S.Na.H2O.H/c1-2-3-4-5-6-7-11(8,9)10;;;/h2-7H2,1H3,(H,8,9,10);;1H2;. The van der Waals surface area contributed by atoms with E-state index >= 15 is 0 Å². The Bertz CT molecular complexity index is 179. The molecule has 0 rings (SSSR count). The average molecular weight is 222 g/mol. The molecule has 0 radical (unpaired) electrons. The fourth-order valence-corrected chi connectivity index (χ4v) is 1.46. The summed E-state index contributed by atoms with van der Waals surface area (Å²) >= 11 is 0. The van der Waals surface area contributed by atoms with Crippen molar-refractivity contribution in [2.24, 2.45) is 0 Å². The van der Waals surface area contributed by atoms with Crippen LogP contribution in [0.15, 0.2) is 0 Å². The summed E-state index contributed by atoms with van der Waals surface area (Å²) < 4.78 is 28.8. The molecule has 0 saturated heterocycles. The van der Waals surface area contributed by atoms with Gasteiger partial charge in [-0.1, -0.05) is 32.6 Å². The summed E-state index contributed by atoms with van der Waals surface area (Å²) in [6, 6.07) is 0. The number of unbranched alkanes of at least 4 members (excludes halogenated alkanes) is 4. The van der Waals surface area contributed by atoms with Gasteiger partial charge >= 0.3 is 29.6 Å². The summed E-state index contributed by atoms with van der Waals surface area (Å²) in [6.45, 7) is 2.10. The van der Waals surface area contributed by atoms with E-state index in [1.807, 2.05) is 0 Å². The van der Waals surface area contributed by atoms with Crippen molar-refractivity contribution in [1.82, 2.24) is 0 Å². The molecule has 0 aliphatic rings. The molecule has 0 spiro atoms. The van der Waals surface area contributed by atoms with Gasteiger partial charge in [-0.15, -0.1) is 0 Å². The monoisotopic (exact) mass is 222 g/mol. The predicted octanol–water partition coefficient (Wildman–Crippen LogP) is 0.371. The number of hydrogen-bond acceptors (Lipinski definition) is 2. The van der Waals surface area contributed by atoms with E-state index < -0.39 is 10.1 Å². The van der Waals surface area contributed by atoms with E-state index in [2.05, 4.69) is 6.92 Å². The fourth-order valence-electron chi connectivity index (χ4n) is 0.888. The quantitative estimate of drug-likeness (QED) is 0.400. The second-order valence-electron chi connectivity index (χ2n) is 2.70. The summed E-state index contributed by atoms with van der Waals surface area (Å²) in [6.07, 6.45) is 4.83. The minimum atomic E-state index is -3.71. The molecule has 0 fully saturated rings. The van der Waals surface area contributed by atoms with Crippen LogP contribution in [0.5, 0.6) is 0 Å². The van der Waals surface area contributed by atoms with Crippen molar-refractivity contribution in [3.8, 4) is 0 Å². The van der Waals surface area contributed by atoms with Crippen molar-refractivity contribution in [2.75, 3.05) is 5.75 Å². The Morgan fingerprint density at radius 3 is 1.92 bits per heavy atom. The van der Waals surface area contributed by atoms with Gasteiger partial charge in [0.15, 0.2) is 0 Å². The molecule has 13 heavy (non-hydrogen) atoms. The summed E-state index contributed by atoms with van der Waals surface area (Å²) in [7, 11) is -3.71. The van der Waals surface area contributed by atoms with Gasteiger partial charge in [0.25, 0.3) is 10.1 Å². The summed E-state index contributed by atoms with van der Waals surface area (Å²) in [4.78, 5) is 0. The van der Waals surface area contributed by atoms with Crippen LogP contribution in [-0.4, -0.2) is 53.8 Å². The topological polar surface area (TPSA) is 85.9 Å². The van der Waals surface area contributed by atoms with Gasteiger partial charge in [0, 0.05) is 0 Å². The second kappa shape index (κ2) is 10.9. The third-order valence-electron chi connectivity index (χ3n) is 1.51. The molecule has 0 aromatic carbocycles. The van der Waals surface area contributed by atoms with Gasteiger partial charge in [0.2, 0.25) is 0 Å². The maximum atomic E-state index is 10.2. The Labute approximate surface area is 102 Å². The maximum absolute atomic E-state index is 10.2. The molecule has 0 aliphatic heterocycles. The summed E-state index contributed by atoms with van der Waals surface area (Å²) in [5, 5.41) is 0. The third kappa shape index (κ3) is 19.3. The average Bonchev–Trinajstić information content (AvgIpc) is 1.85. The molecule has 0 unspecified atom stereocenters. The first-order valence-electron chi connectivity index (χ1n) is 4.01. The van der Waals surface area contributed by atoms with E-state index in [0.717, 1.165) is 25.7 Å². The van der Waals surface area contributed by atoms with Crippen LogP contribution < -0.4 is 0 Å². The van der Waals surface area contributed by atoms with Crippen molar-refractivity contribution in [1.29, 1.82) is 0 Å². The molecule has 3 N–H and O–H groups in total. The molecule has 0 amide bonds. The van der Waals surface area contributed by atoms with Crippen LogP contribution in [0.2, 0.25) is 0 Å². The van der Waals surface area contributed by atoms with Gasteiger partial charge in [0.05, 0.1) is 5.75 Å². The van der Waals surface area contributed by atoms with Crippen LogP contribution in [0.4, 0.5) is 0 Å². The fraction of sp³-hybridized carbons (Fsp3) is 1.00. The van der Waals surface area contributed by atoms with E-state index in [-0.39, 0.29) is 40.8 Å². The molecule has 0 atom stereocenters. The Morgan fingerprint density at radius 1 is 1.08 bits per heavy atom. The van der Waals surface area contributed by atoms with Gasteiger partial charge in [-0.3, -0.25) is 4.55 Å². The first kappa shape index (κ1) is 19.4. The zero-order chi connectivity index (χ0) is 8.74. The SMILES string of the molecule is CCCCCCCS(=O)(=O)O.O.[NaH]. The van der Waals surface area contributed by atoms with Crippen LogP contribution in [0.25, 0.3) is 0 Å².